The van der Waals surface area contributed by atoms with Gasteiger partial charge in [0.15, 0.2) is 5.78 Å². The van der Waals surface area contributed by atoms with E-state index in [1.807, 2.05) is 18.2 Å². The first-order chi connectivity index (χ1) is 9.63. The molecular weight excluding hydrogens is 252 g/mol. The van der Waals surface area contributed by atoms with Gasteiger partial charge in [0.05, 0.1) is 6.61 Å². The number of carbonyl (C=O) groups excluding carboxylic acids is 1. The number of nitrogens with zero attached hydrogens (tertiary/aromatic N) is 2. The molecule has 2 heterocycles. The SMILES string of the molecule is CN1CCN(C)C(CC(=O)c2ccc3c(c2)CCO3)C1. The smallest absolute Gasteiger partial charge is 0.164 e. The van der Waals surface area contributed by atoms with E-state index in [1.54, 1.807) is 0 Å². The third-order valence-corrected chi connectivity index (χ3v) is 4.41. The van der Waals surface area contributed by atoms with E-state index in [0.717, 1.165) is 44.0 Å². The summed E-state index contributed by atoms with van der Waals surface area (Å²) in [7, 11) is 4.23. The molecule has 1 fully saturated rings. The second-order valence-corrected chi connectivity index (χ2v) is 5.94. The second-order valence-electron chi connectivity index (χ2n) is 5.94. The Bertz CT molecular complexity index is 515. The van der Waals surface area contributed by atoms with Crippen LogP contribution >= 0.6 is 0 Å². The van der Waals surface area contributed by atoms with Crippen molar-refractivity contribution >= 4 is 5.78 Å². The van der Waals surface area contributed by atoms with E-state index in [0.29, 0.717) is 12.5 Å². The van der Waals surface area contributed by atoms with Crippen LogP contribution in [0, 0.1) is 0 Å². The van der Waals surface area contributed by atoms with Gasteiger partial charge in [0.25, 0.3) is 0 Å². The molecule has 2 aliphatic heterocycles. The molecule has 1 saturated heterocycles. The molecule has 1 aromatic rings. The van der Waals surface area contributed by atoms with Crippen molar-refractivity contribution in [2.24, 2.45) is 0 Å². The van der Waals surface area contributed by atoms with Gasteiger partial charge in [-0.15, -0.1) is 0 Å². The van der Waals surface area contributed by atoms with Gasteiger partial charge in [-0.05, 0) is 37.9 Å². The average Bonchev–Trinajstić information content (AvgIpc) is 2.90. The maximum atomic E-state index is 12.5. The molecule has 0 aromatic heterocycles. The molecule has 0 spiro atoms. The lowest BCUT2D eigenvalue weighted by Crippen LogP contribution is -2.50. The summed E-state index contributed by atoms with van der Waals surface area (Å²) in [6.45, 7) is 3.82. The van der Waals surface area contributed by atoms with E-state index < -0.39 is 0 Å². The van der Waals surface area contributed by atoms with Crippen molar-refractivity contribution in [3.8, 4) is 5.75 Å². The van der Waals surface area contributed by atoms with E-state index in [2.05, 4.69) is 23.9 Å². The summed E-state index contributed by atoms with van der Waals surface area (Å²) in [6.07, 6.45) is 1.52. The number of carbonyl (C=O) groups is 1. The van der Waals surface area contributed by atoms with Gasteiger partial charge in [0.2, 0.25) is 0 Å². The highest BCUT2D eigenvalue weighted by Crippen LogP contribution is 2.26. The molecule has 0 radical (unpaired) electrons. The number of rotatable bonds is 3. The highest BCUT2D eigenvalue weighted by Gasteiger charge is 2.25. The van der Waals surface area contributed by atoms with E-state index in [1.165, 1.54) is 5.56 Å². The highest BCUT2D eigenvalue weighted by atomic mass is 16.5. The summed E-state index contributed by atoms with van der Waals surface area (Å²) in [4.78, 5) is 17.1. The zero-order valence-corrected chi connectivity index (χ0v) is 12.3. The van der Waals surface area contributed by atoms with Crippen molar-refractivity contribution in [3.63, 3.8) is 0 Å². The number of benzene rings is 1. The Labute approximate surface area is 120 Å². The molecule has 2 aliphatic rings. The number of fused-ring (bicyclic) bond motifs is 1. The molecule has 0 N–H and O–H groups in total. The molecule has 4 heteroatoms. The Morgan fingerprint density at radius 2 is 2.20 bits per heavy atom. The minimum absolute atomic E-state index is 0.242. The van der Waals surface area contributed by atoms with Crippen LogP contribution in [0.15, 0.2) is 18.2 Å². The summed E-state index contributed by atoms with van der Waals surface area (Å²) in [5.74, 6) is 1.18. The molecule has 1 unspecified atom stereocenters. The maximum Gasteiger partial charge on any atom is 0.164 e. The van der Waals surface area contributed by atoms with Gasteiger partial charge in [-0.2, -0.15) is 0 Å². The van der Waals surface area contributed by atoms with Crippen LogP contribution in [0.4, 0.5) is 0 Å². The summed E-state index contributed by atoms with van der Waals surface area (Å²) < 4.78 is 5.49. The summed E-state index contributed by atoms with van der Waals surface area (Å²) in [5.41, 5.74) is 2.00. The normalized spacial score (nSPS) is 23.4. The van der Waals surface area contributed by atoms with Gasteiger partial charge in [0.1, 0.15) is 5.75 Å². The van der Waals surface area contributed by atoms with Crippen LogP contribution in [0.2, 0.25) is 0 Å². The predicted octanol–water partition coefficient (Wildman–Crippen LogP) is 1.44. The van der Waals surface area contributed by atoms with Gasteiger partial charge in [-0.3, -0.25) is 4.79 Å². The molecular formula is C16H22N2O2. The topological polar surface area (TPSA) is 32.8 Å². The van der Waals surface area contributed by atoms with E-state index in [4.69, 9.17) is 4.74 Å². The number of likely N-dealkylation sites (N-methyl/N-ethyl adjacent to an activating group) is 2. The van der Waals surface area contributed by atoms with Crippen LogP contribution < -0.4 is 4.74 Å². The summed E-state index contributed by atoms with van der Waals surface area (Å²) >= 11 is 0. The zero-order chi connectivity index (χ0) is 14.1. The quantitative estimate of drug-likeness (QED) is 0.781. The minimum Gasteiger partial charge on any atom is -0.493 e. The molecule has 1 atom stereocenters. The Balaban J connectivity index is 1.69. The maximum absolute atomic E-state index is 12.5. The van der Waals surface area contributed by atoms with Crippen molar-refractivity contribution < 1.29 is 9.53 Å². The van der Waals surface area contributed by atoms with Crippen LogP contribution in [0.1, 0.15) is 22.3 Å². The lowest BCUT2D eigenvalue weighted by atomic mass is 9.99. The van der Waals surface area contributed by atoms with Gasteiger partial charge < -0.3 is 14.5 Å². The summed E-state index contributed by atoms with van der Waals surface area (Å²) in [6, 6.07) is 6.17. The fraction of sp³-hybridized carbons (Fsp3) is 0.562. The van der Waals surface area contributed by atoms with Crippen molar-refractivity contribution in [1.29, 1.82) is 0 Å². The monoisotopic (exact) mass is 274 g/mol. The average molecular weight is 274 g/mol. The molecule has 0 aliphatic carbocycles. The van der Waals surface area contributed by atoms with Gasteiger partial charge in [-0.25, -0.2) is 0 Å². The number of ether oxygens (including phenoxy) is 1. The molecule has 1 aromatic carbocycles. The van der Waals surface area contributed by atoms with Gasteiger partial charge >= 0.3 is 0 Å². The first-order valence-corrected chi connectivity index (χ1v) is 7.31. The van der Waals surface area contributed by atoms with Crippen LogP contribution in [-0.2, 0) is 6.42 Å². The van der Waals surface area contributed by atoms with E-state index in [9.17, 15) is 4.79 Å². The standard InChI is InChI=1S/C16H22N2O2/c1-17-6-7-18(2)14(11-17)10-15(19)12-3-4-16-13(9-12)5-8-20-16/h3-4,9,14H,5-8,10-11H2,1-2H3. The number of Topliss-reactive ketones (excluding diaryl/α,β-unsaturated/α-hetero) is 1. The van der Waals surface area contributed by atoms with Crippen LogP contribution in [0.5, 0.6) is 5.75 Å². The first-order valence-electron chi connectivity index (χ1n) is 7.31. The predicted molar refractivity (Wildman–Crippen MR) is 78.5 cm³/mol. The van der Waals surface area contributed by atoms with Crippen molar-refractivity contribution in [1.82, 2.24) is 9.80 Å². The lowest BCUT2D eigenvalue weighted by molar-refractivity contribution is 0.0810. The van der Waals surface area contributed by atoms with E-state index in [-0.39, 0.29) is 5.78 Å². The fourth-order valence-electron chi connectivity index (χ4n) is 3.01. The van der Waals surface area contributed by atoms with Gasteiger partial charge in [-0.1, -0.05) is 0 Å². The third kappa shape index (κ3) is 2.72. The third-order valence-electron chi connectivity index (χ3n) is 4.41. The Morgan fingerprint density at radius 3 is 3.05 bits per heavy atom. The Morgan fingerprint density at radius 1 is 1.35 bits per heavy atom. The number of piperazine rings is 1. The largest absolute Gasteiger partial charge is 0.493 e. The van der Waals surface area contributed by atoms with Crippen molar-refractivity contribution in [2.45, 2.75) is 18.9 Å². The van der Waals surface area contributed by atoms with Crippen molar-refractivity contribution in [3.05, 3.63) is 29.3 Å². The van der Waals surface area contributed by atoms with Crippen LogP contribution in [0.25, 0.3) is 0 Å². The van der Waals surface area contributed by atoms with Crippen LogP contribution in [0.3, 0.4) is 0 Å². The number of ketones is 1. The first kappa shape index (κ1) is 13.6. The molecule has 20 heavy (non-hydrogen) atoms. The molecule has 4 nitrogen and oxygen atoms in total. The molecule has 0 amide bonds. The second kappa shape index (κ2) is 5.54. The lowest BCUT2D eigenvalue weighted by Gasteiger charge is -2.37. The van der Waals surface area contributed by atoms with Crippen LogP contribution in [-0.4, -0.2) is 62.0 Å². The Hall–Kier alpha value is -1.39. The molecule has 108 valence electrons. The minimum atomic E-state index is 0.242. The van der Waals surface area contributed by atoms with E-state index >= 15 is 0 Å². The van der Waals surface area contributed by atoms with Gasteiger partial charge in [0, 0.05) is 44.1 Å². The highest BCUT2D eigenvalue weighted by molar-refractivity contribution is 5.96. The Kier molecular flexibility index (Phi) is 3.76. The molecule has 0 bridgehead atoms. The number of hydrogen-bond acceptors (Lipinski definition) is 4. The molecule has 0 saturated carbocycles. The summed E-state index contributed by atoms with van der Waals surface area (Å²) in [5, 5.41) is 0. The molecule has 3 rings (SSSR count). The number of hydrogen-bond donors (Lipinski definition) is 0. The zero-order valence-electron chi connectivity index (χ0n) is 12.3. The fourth-order valence-corrected chi connectivity index (χ4v) is 3.01. The van der Waals surface area contributed by atoms with Crippen molar-refractivity contribution in [2.75, 3.05) is 40.3 Å².